The van der Waals surface area contributed by atoms with Gasteiger partial charge >= 0.3 is 35.0 Å². The molecule has 0 amide bonds. The Hall–Kier alpha value is -0.334. The molecule has 0 bridgehead atoms. The zero-order valence-electron chi connectivity index (χ0n) is 8.28. The Morgan fingerprint density at radius 3 is 1.73 bits per heavy atom. The number of nitrogens with zero attached hydrogens (tertiary/aromatic N) is 1. The van der Waals surface area contributed by atoms with Crippen LogP contribution in [0, 0.1) is 0 Å². The van der Waals surface area contributed by atoms with Crippen molar-refractivity contribution >= 4 is 35.0 Å². The average Bonchev–Trinajstić information content (AvgIpc) is 1.58. The van der Waals surface area contributed by atoms with Crippen molar-refractivity contribution in [3.8, 4) is 0 Å². The maximum absolute atomic E-state index is 9.96. The number of likely N-dealkylation sites (N-methyl/N-ethyl adjacent to an activating group) is 1. The van der Waals surface area contributed by atoms with Crippen LogP contribution in [-0.2, 0) is 9.59 Å². The second-order valence-electron chi connectivity index (χ2n) is 1.96. The topological polar surface area (TPSA) is 77.8 Å². The standard InChI is InChI=1S/C5H9NO4.Mg.2H/c1-6(2-4(7)8)3-5(9)10;;;/h2-3H2,1H3,(H,7,8)(H,9,10);;;/q;+2;2*-1. The van der Waals surface area contributed by atoms with Crippen molar-refractivity contribution in [1.29, 1.82) is 0 Å². The molecule has 0 aromatic rings. The van der Waals surface area contributed by atoms with Gasteiger partial charge in [-0.15, -0.1) is 0 Å². The van der Waals surface area contributed by atoms with E-state index in [1.807, 2.05) is 0 Å². The third-order valence-corrected chi connectivity index (χ3v) is 0.810. The fourth-order valence-electron chi connectivity index (χ4n) is 0.518. The SMILES string of the molecule is CN(CC(=O)O)CC(=O)O.[H-].[H-].[Mg+2]. The van der Waals surface area contributed by atoms with Gasteiger partial charge < -0.3 is 13.1 Å². The van der Waals surface area contributed by atoms with Gasteiger partial charge in [0.1, 0.15) is 0 Å². The summed E-state index contributed by atoms with van der Waals surface area (Å²) in [5.74, 6) is -2.05. The summed E-state index contributed by atoms with van der Waals surface area (Å²) in [4.78, 5) is 21.1. The predicted molar refractivity (Wildman–Crippen MR) is 40.7 cm³/mol. The first kappa shape index (κ1) is 13.3. The summed E-state index contributed by atoms with van der Waals surface area (Å²) in [6, 6.07) is 0. The Morgan fingerprint density at radius 2 is 1.55 bits per heavy atom. The van der Waals surface area contributed by atoms with Crippen LogP contribution in [0.2, 0.25) is 0 Å². The Bertz CT molecular complexity index is 141. The van der Waals surface area contributed by atoms with Crippen LogP contribution in [0.4, 0.5) is 0 Å². The third kappa shape index (κ3) is 9.67. The molecule has 0 aromatic carbocycles. The van der Waals surface area contributed by atoms with E-state index >= 15 is 0 Å². The summed E-state index contributed by atoms with van der Waals surface area (Å²) in [6.45, 7) is -0.488. The van der Waals surface area contributed by atoms with Gasteiger partial charge in [0.2, 0.25) is 0 Å². The molecule has 0 aromatic heterocycles. The Labute approximate surface area is 83.1 Å². The maximum Gasteiger partial charge on any atom is 2.00 e. The normalized spacial score (nSPS) is 8.91. The van der Waals surface area contributed by atoms with Gasteiger partial charge in [-0.1, -0.05) is 0 Å². The molecule has 62 valence electrons. The Balaban J connectivity index is -0.000000135. The number of carboxylic acid groups (broad SMARTS) is 2. The van der Waals surface area contributed by atoms with E-state index in [1.165, 1.54) is 11.9 Å². The third-order valence-electron chi connectivity index (χ3n) is 0.810. The Kier molecular flexibility index (Phi) is 7.70. The summed E-state index contributed by atoms with van der Waals surface area (Å²) in [6.07, 6.45) is 0. The van der Waals surface area contributed by atoms with Crippen LogP contribution < -0.4 is 0 Å². The largest absolute Gasteiger partial charge is 2.00 e. The molecule has 0 atom stereocenters. The number of rotatable bonds is 4. The number of carbonyl (C=O) groups is 2. The molecular formula is C5H11MgNO4. The second kappa shape index (κ2) is 6.38. The van der Waals surface area contributed by atoms with Gasteiger partial charge in [-0.2, -0.15) is 0 Å². The van der Waals surface area contributed by atoms with E-state index in [9.17, 15) is 9.59 Å². The van der Waals surface area contributed by atoms with Gasteiger partial charge in [-0.3, -0.25) is 14.5 Å². The minimum Gasteiger partial charge on any atom is -1.00 e. The molecule has 0 fully saturated rings. The first-order valence-corrected chi connectivity index (χ1v) is 2.64. The summed E-state index contributed by atoms with van der Waals surface area (Å²) in [7, 11) is 1.43. The van der Waals surface area contributed by atoms with E-state index in [4.69, 9.17) is 10.2 Å². The van der Waals surface area contributed by atoms with E-state index in [2.05, 4.69) is 0 Å². The smallest absolute Gasteiger partial charge is 1.00 e. The Morgan fingerprint density at radius 1 is 1.27 bits per heavy atom. The molecule has 0 aliphatic heterocycles. The summed E-state index contributed by atoms with van der Waals surface area (Å²) in [5.41, 5.74) is 0. The molecule has 0 radical (unpaired) electrons. The van der Waals surface area contributed by atoms with Crippen LogP contribution in [0.3, 0.4) is 0 Å². The average molecular weight is 173 g/mol. The zero-order chi connectivity index (χ0) is 8.15. The first-order chi connectivity index (χ1) is 4.52. The van der Waals surface area contributed by atoms with E-state index in [0.29, 0.717) is 0 Å². The molecule has 0 saturated heterocycles. The summed E-state index contributed by atoms with van der Waals surface area (Å²) < 4.78 is 0. The van der Waals surface area contributed by atoms with Crippen LogP contribution in [0.25, 0.3) is 0 Å². The van der Waals surface area contributed by atoms with Gasteiger partial charge in [-0.25, -0.2) is 0 Å². The second-order valence-corrected chi connectivity index (χ2v) is 1.96. The molecule has 11 heavy (non-hydrogen) atoms. The number of hydrogen-bond donors (Lipinski definition) is 2. The van der Waals surface area contributed by atoms with Gasteiger partial charge in [0.05, 0.1) is 13.1 Å². The van der Waals surface area contributed by atoms with E-state index in [0.717, 1.165) is 0 Å². The molecule has 0 spiro atoms. The van der Waals surface area contributed by atoms with Crippen LogP contribution in [-0.4, -0.2) is 70.2 Å². The van der Waals surface area contributed by atoms with Crippen LogP contribution in [0.15, 0.2) is 0 Å². The van der Waals surface area contributed by atoms with E-state index < -0.39 is 11.9 Å². The zero-order valence-corrected chi connectivity index (χ0v) is 7.69. The van der Waals surface area contributed by atoms with Crippen molar-refractivity contribution in [1.82, 2.24) is 4.90 Å². The number of carboxylic acids is 2. The van der Waals surface area contributed by atoms with Crippen molar-refractivity contribution < 1.29 is 22.7 Å². The van der Waals surface area contributed by atoms with Gasteiger partial charge in [0.15, 0.2) is 0 Å². The van der Waals surface area contributed by atoms with Crippen molar-refractivity contribution in [3.63, 3.8) is 0 Å². The molecular weight excluding hydrogens is 162 g/mol. The summed E-state index contributed by atoms with van der Waals surface area (Å²) in [5, 5.41) is 16.3. The summed E-state index contributed by atoms with van der Waals surface area (Å²) >= 11 is 0. The fourth-order valence-corrected chi connectivity index (χ4v) is 0.518. The van der Waals surface area contributed by atoms with E-state index in [1.54, 1.807) is 0 Å². The molecule has 0 aliphatic carbocycles. The molecule has 2 N–H and O–H groups in total. The molecule has 5 nitrogen and oxygen atoms in total. The molecule has 0 heterocycles. The monoisotopic (exact) mass is 173 g/mol. The van der Waals surface area contributed by atoms with Crippen LogP contribution in [0.1, 0.15) is 2.85 Å². The van der Waals surface area contributed by atoms with Crippen molar-refractivity contribution in [2.24, 2.45) is 0 Å². The van der Waals surface area contributed by atoms with Crippen LogP contribution >= 0.6 is 0 Å². The van der Waals surface area contributed by atoms with Crippen molar-refractivity contribution in [3.05, 3.63) is 0 Å². The molecule has 0 rings (SSSR count). The van der Waals surface area contributed by atoms with Gasteiger partial charge in [0.25, 0.3) is 0 Å². The molecule has 6 heteroatoms. The number of hydrogen-bond acceptors (Lipinski definition) is 3. The quantitative estimate of drug-likeness (QED) is 0.530. The van der Waals surface area contributed by atoms with Gasteiger partial charge in [-0.05, 0) is 7.05 Å². The molecule has 0 saturated carbocycles. The van der Waals surface area contributed by atoms with Crippen molar-refractivity contribution in [2.45, 2.75) is 0 Å². The van der Waals surface area contributed by atoms with Gasteiger partial charge in [0, 0.05) is 0 Å². The molecule has 0 unspecified atom stereocenters. The minimum atomic E-state index is -1.02. The van der Waals surface area contributed by atoms with E-state index in [-0.39, 0.29) is 39.0 Å². The maximum atomic E-state index is 9.96. The fraction of sp³-hybridized carbons (Fsp3) is 0.600. The number of aliphatic carboxylic acids is 2. The predicted octanol–water partition coefficient (Wildman–Crippen LogP) is -1.07. The van der Waals surface area contributed by atoms with Crippen LogP contribution in [0.5, 0.6) is 0 Å². The van der Waals surface area contributed by atoms with Crippen molar-refractivity contribution in [2.75, 3.05) is 20.1 Å². The first-order valence-electron chi connectivity index (χ1n) is 2.64. The molecule has 0 aliphatic rings. The minimum absolute atomic E-state index is 0.